The van der Waals surface area contributed by atoms with E-state index in [1.165, 1.54) is 0 Å². The minimum atomic E-state index is -6.00. The van der Waals surface area contributed by atoms with Gasteiger partial charge >= 0.3 is 7.25 Å². The van der Waals surface area contributed by atoms with Gasteiger partial charge in [0.15, 0.2) is 12.0 Å². The SMILES string of the molecule is CC(=O)/C(C=[N+](C)C)=C\C=C\N(C)C.F[B-](F)(F)F. The third-order valence-corrected chi connectivity index (χ3v) is 1.46. The Morgan fingerprint density at radius 3 is 1.84 bits per heavy atom. The molecular formula is C11H19BF4N2O. The lowest BCUT2D eigenvalue weighted by molar-refractivity contribution is -0.458. The Morgan fingerprint density at radius 1 is 1.16 bits per heavy atom. The van der Waals surface area contributed by atoms with Crippen LogP contribution in [-0.4, -0.2) is 56.9 Å². The molecule has 0 atom stereocenters. The number of nitrogens with zero attached hydrogens (tertiary/aromatic N) is 2. The summed E-state index contributed by atoms with van der Waals surface area (Å²) in [5, 5.41) is 0. The summed E-state index contributed by atoms with van der Waals surface area (Å²) in [5.74, 6) is 0.0714. The Kier molecular flexibility index (Phi) is 9.71. The number of halogens is 4. The second-order valence-electron chi connectivity index (χ2n) is 4.07. The summed E-state index contributed by atoms with van der Waals surface area (Å²) in [4.78, 5) is 13.1. The molecule has 3 nitrogen and oxygen atoms in total. The zero-order valence-electron chi connectivity index (χ0n) is 11.7. The van der Waals surface area contributed by atoms with Gasteiger partial charge < -0.3 is 22.2 Å². The lowest BCUT2D eigenvalue weighted by atomic mass is 10.2. The fourth-order valence-electron chi connectivity index (χ4n) is 0.848. The van der Waals surface area contributed by atoms with Gasteiger partial charge in [0.25, 0.3) is 0 Å². The highest BCUT2D eigenvalue weighted by molar-refractivity contribution is 6.50. The molecule has 0 aromatic rings. The average Bonchev–Trinajstić information content (AvgIpc) is 2.11. The topological polar surface area (TPSA) is 23.3 Å². The summed E-state index contributed by atoms with van der Waals surface area (Å²) in [6.07, 6.45) is 7.37. The molecule has 0 heterocycles. The van der Waals surface area contributed by atoms with Gasteiger partial charge in [0.05, 0.1) is 5.57 Å². The van der Waals surface area contributed by atoms with Crippen LogP contribution in [0, 0.1) is 0 Å². The van der Waals surface area contributed by atoms with Crippen molar-refractivity contribution < 1.29 is 26.6 Å². The van der Waals surface area contributed by atoms with Gasteiger partial charge in [-0.15, -0.1) is 0 Å². The quantitative estimate of drug-likeness (QED) is 0.197. The van der Waals surface area contributed by atoms with E-state index >= 15 is 0 Å². The number of ketones is 1. The lowest BCUT2D eigenvalue weighted by Crippen LogP contribution is -2.07. The van der Waals surface area contributed by atoms with Crippen LogP contribution in [0.3, 0.4) is 0 Å². The number of rotatable bonds is 4. The molecule has 0 aromatic heterocycles. The first-order valence-electron chi connectivity index (χ1n) is 5.38. The number of hydrogen-bond acceptors (Lipinski definition) is 2. The first-order chi connectivity index (χ1) is 8.43. The molecule has 0 unspecified atom stereocenters. The molecule has 0 radical (unpaired) electrons. The maximum atomic E-state index is 11.2. The van der Waals surface area contributed by atoms with E-state index in [1.807, 2.05) is 62.2 Å². The van der Waals surface area contributed by atoms with E-state index in [0.717, 1.165) is 0 Å². The van der Waals surface area contributed by atoms with Crippen molar-refractivity contribution in [2.45, 2.75) is 6.92 Å². The number of carbonyl (C=O) groups excluding carboxylic acids is 1. The van der Waals surface area contributed by atoms with E-state index in [0.29, 0.717) is 5.57 Å². The van der Waals surface area contributed by atoms with Crippen LogP contribution in [0.2, 0.25) is 0 Å². The van der Waals surface area contributed by atoms with Crippen LogP contribution in [0.1, 0.15) is 6.92 Å². The van der Waals surface area contributed by atoms with E-state index in [-0.39, 0.29) is 5.78 Å². The van der Waals surface area contributed by atoms with Gasteiger partial charge in [-0.2, -0.15) is 0 Å². The Hall–Kier alpha value is -1.60. The van der Waals surface area contributed by atoms with Gasteiger partial charge in [-0.25, -0.2) is 4.58 Å². The minimum Gasteiger partial charge on any atom is -0.418 e. The summed E-state index contributed by atoms with van der Waals surface area (Å²) < 4.78 is 40.9. The highest BCUT2D eigenvalue weighted by Gasteiger charge is 2.20. The standard InChI is InChI=1S/C11H19N2O.BF4/c1-10(14)11(9-13(4)5)7-6-8-12(2)3;2-1(3,4)5/h6-9H,1-5H3;/q+1;-1. The first-order valence-corrected chi connectivity index (χ1v) is 5.38. The predicted octanol–water partition coefficient (Wildman–Crippen LogP) is 2.22. The molecule has 8 heteroatoms. The normalized spacial score (nSPS) is 11.7. The Morgan fingerprint density at radius 2 is 1.58 bits per heavy atom. The largest absolute Gasteiger partial charge is 0.673 e. The minimum absolute atomic E-state index is 0.0714. The van der Waals surface area contributed by atoms with Crippen molar-refractivity contribution in [1.29, 1.82) is 0 Å². The van der Waals surface area contributed by atoms with E-state index in [1.54, 1.807) is 6.92 Å². The van der Waals surface area contributed by atoms with Crippen molar-refractivity contribution in [2.24, 2.45) is 0 Å². The Labute approximate surface area is 111 Å². The summed E-state index contributed by atoms with van der Waals surface area (Å²) in [6, 6.07) is 0. The molecule has 0 rings (SSSR count). The van der Waals surface area contributed by atoms with Crippen LogP contribution >= 0.6 is 0 Å². The highest BCUT2D eigenvalue weighted by Crippen LogP contribution is 2.06. The molecule has 110 valence electrons. The van der Waals surface area contributed by atoms with Crippen molar-refractivity contribution in [3.8, 4) is 0 Å². The van der Waals surface area contributed by atoms with E-state index in [4.69, 9.17) is 0 Å². The van der Waals surface area contributed by atoms with Gasteiger partial charge in [-0.1, -0.05) is 0 Å². The van der Waals surface area contributed by atoms with Crippen LogP contribution < -0.4 is 0 Å². The molecule has 0 fully saturated rings. The first kappa shape index (κ1) is 19.7. The summed E-state index contributed by atoms with van der Waals surface area (Å²) in [7, 11) is 1.67. The number of hydrogen-bond donors (Lipinski definition) is 0. The summed E-state index contributed by atoms with van der Waals surface area (Å²) in [5.41, 5.74) is 0.702. The van der Waals surface area contributed by atoms with Crippen molar-refractivity contribution in [3.05, 3.63) is 23.9 Å². The van der Waals surface area contributed by atoms with Crippen LogP contribution in [0.25, 0.3) is 0 Å². The molecule has 0 amide bonds. The van der Waals surface area contributed by atoms with E-state index < -0.39 is 7.25 Å². The molecule has 0 aliphatic rings. The number of carbonyl (C=O) groups is 1. The fourth-order valence-corrected chi connectivity index (χ4v) is 0.848. The molecule has 0 aromatic carbocycles. The van der Waals surface area contributed by atoms with E-state index in [2.05, 4.69) is 0 Å². The van der Waals surface area contributed by atoms with Crippen molar-refractivity contribution >= 4 is 19.3 Å². The maximum Gasteiger partial charge on any atom is 0.673 e. The van der Waals surface area contributed by atoms with Crippen LogP contribution in [0.15, 0.2) is 23.9 Å². The third-order valence-electron chi connectivity index (χ3n) is 1.46. The molecule has 0 saturated carbocycles. The van der Waals surface area contributed by atoms with Gasteiger partial charge in [-0.3, -0.25) is 4.79 Å². The van der Waals surface area contributed by atoms with Crippen molar-refractivity contribution in [2.75, 3.05) is 28.2 Å². The summed E-state index contributed by atoms with van der Waals surface area (Å²) in [6.45, 7) is 1.56. The molecule has 0 bridgehead atoms. The molecule has 0 aliphatic heterocycles. The van der Waals surface area contributed by atoms with Crippen LogP contribution in [-0.2, 0) is 4.79 Å². The van der Waals surface area contributed by atoms with Gasteiger partial charge in [0.1, 0.15) is 14.1 Å². The molecular weight excluding hydrogens is 263 g/mol. The fraction of sp³-hybridized carbons (Fsp3) is 0.455. The van der Waals surface area contributed by atoms with Gasteiger partial charge in [-0.05, 0) is 25.3 Å². The van der Waals surface area contributed by atoms with Crippen LogP contribution in [0.5, 0.6) is 0 Å². The van der Waals surface area contributed by atoms with Crippen molar-refractivity contribution in [1.82, 2.24) is 4.90 Å². The second-order valence-corrected chi connectivity index (χ2v) is 4.07. The van der Waals surface area contributed by atoms with Gasteiger partial charge in [0, 0.05) is 14.1 Å². The summed E-state index contributed by atoms with van der Waals surface area (Å²) >= 11 is 0. The third kappa shape index (κ3) is 22.1. The maximum absolute atomic E-state index is 11.2. The highest BCUT2D eigenvalue weighted by atomic mass is 19.5. The van der Waals surface area contributed by atoms with Crippen molar-refractivity contribution in [3.63, 3.8) is 0 Å². The molecule has 0 spiro atoms. The number of Topliss-reactive ketones (excluding diaryl/α,β-unsaturated/α-hetero) is 1. The zero-order chi connectivity index (χ0) is 15.6. The van der Waals surface area contributed by atoms with Crippen LogP contribution in [0.4, 0.5) is 17.3 Å². The molecule has 0 saturated heterocycles. The molecule has 0 aliphatic carbocycles. The smallest absolute Gasteiger partial charge is 0.418 e. The average molecular weight is 282 g/mol. The molecule has 19 heavy (non-hydrogen) atoms. The monoisotopic (exact) mass is 282 g/mol. The molecule has 0 N–H and O–H groups in total. The predicted molar refractivity (Wildman–Crippen MR) is 69.9 cm³/mol. The Balaban J connectivity index is 0. The Bertz CT molecular complexity index is 363. The van der Waals surface area contributed by atoms with E-state index in [9.17, 15) is 22.1 Å². The second kappa shape index (κ2) is 9.35. The number of allylic oxidation sites excluding steroid dienone is 3. The van der Waals surface area contributed by atoms with Gasteiger partial charge in [0.2, 0.25) is 0 Å². The lowest BCUT2D eigenvalue weighted by Gasteiger charge is -2.01. The zero-order valence-corrected chi connectivity index (χ0v) is 11.7.